The van der Waals surface area contributed by atoms with E-state index >= 15 is 0 Å². The SMILES string of the molecule is CCOC(=O)CN(CCOC)C(=O)CCn1[nH]c(=O)c2ccccc2c1=O. The summed E-state index contributed by atoms with van der Waals surface area (Å²) in [5.41, 5.74) is -0.785. The van der Waals surface area contributed by atoms with E-state index in [4.69, 9.17) is 9.47 Å². The molecule has 0 saturated heterocycles. The zero-order valence-electron chi connectivity index (χ0n) is 15.4. The van der Waals surface area contributed by atoms with Gasteiger partial charge in [-0.25, -0.2) is 4.68 Å². The van der Waals surface area contributed by atoms with E-state index in [0.717, 1.165) is 4.68 Å². The predicted molar refractivity (Wildman–Crippen MR) is 98.5 cm³/mol. The van der Waals surface area contributed by atoms with E-state index in [0.29, 0.717) is 5.39 Å². The first-order chi connectivity index (χ1) is 13.0. The Bertz CT molecular complexity index is 917. The number of H-pyrrole nitrogens is 1. The summed E-state index contributed by atoms with van der Waals surface area (Å²) in [7, 11) is 1.49. The molecular weight excluding hydrogens is 354 g/mol. The van der Waals surface area contributed by atoms with E-state index in [9.17, 15) is 19.2 Å². The number of nitrogens with zero attached hydrogens (tertiary/aromatic N) is 2. The molecule has 146 valence electrons. The second kappa shape index (κ2) is 9.67. The van der Waals surface area contributed by atoms with E-state index in [-0.39, 0.29) is 56.1 Å². The summed E-state index contributed by atoms with van der Waals surface area (Å²) >= 11 is 0. The fourth-order valence-electron chi connectivity index (χ4n) is 2.63. The number of carbonyl (C=O) groups is 2. The summed E-state index contributed by atoms with van der Waals surface area (Å²) < 4.78 is 10.9. The van der Waals surface area contributed by atoms with Gasteiger partial charge in [0.1, 0.15) is 6.54 Å². The Morgan fingerprint density at radius 1 is 1.19 bits per heavy atom. The van der Waals surface area contributed by atoms with Crippen LogP contribution >= 0.6 is 0 Å². The first-order valence-electron chi connectivity index (χ1n) is 8.62. The highest BCUT2D eigenvalue weighted by molar-refractivity contribution is 5.82. The maximum Gasteiger partial charge on any atom is 0.325 e. The number of methoxy groups -OCH3 is 1. The van der Waals surface area contributed by atoms with E-state index in [1.54, 1.807) is 31.2 Å². The molecule has 2 rings (SSSR count). The van der Waals surface area contributed by atoms with E-state index < -0.39 is 11.5 Å². The van der Waals surface area contributed by atoms with E-state index in [2.05, 4.69) is 5.10 Å². The van der Waals surface area contributed by atoms with Crippen molar-refractivity contribution in [2.45, 2.75) is 19.9 Å². The van der Waals surface area contributed by atoms with Crippen molar-refractivity contribution in [3.8, 4) is 0 Å². The number of nitrogens with one attached hydrogen (secondary N) is 1. The molecule has 0 saturated carbocycles. The van der Waals surface area contributed by atoms with Gasteiger partial charge in [0, 0.05) is 20.1 Å². The lowest BCUT2D eigenvalue weighted by atomic mass is 10.2. The molecule has 0 spiro atoms. The van der Waals surface area contributed by atoms with Gasteiger partial charge in [-0.2, -0.15) is 0 Å². The van der Waals surface area contributed by atoms with Crippen molar-refractivity contribution in [1.29, 1.82) is 0 Å². The van der Waals surface area contributed by atoms with E-state index in [1.165, 1.54) is 12.0 Å². The van der Waals surface area contributed by atoms with Crippen molar-refractivity contribution in [3.63, 3.8) is 0 Å². The third-order valence-electron chi connectivity index (χ3n) is 3.98. The van der Waals surface area contributed by atoms with Crippen LogP contribution in [0.5, 0.6) is 0 Å². The largest absolute Gasteiger partial charge is 0.465 e. The van der Waals surface area contributed by atoms with Crippen LogP contribution in [0.25, 0.3) is 10.8 Å². The lowest BCUT2D eigenvalue weighted by Gasteiger charge is -2.21. The maximum absolute atomic E-state index is 12.5. The lowest BCUT2D eigenvalue weighted by Crippen LogP contribution is -2.40. The third kappa shape index (κ3) is 5.27. The molecule has 9 heteroatoms. The van der Waals surface area contributed by atoms with Crippen LogP contribution in [0.1, 0.15) is 13.3 Å². The van der Waals surface area contributed by atoms with Crippen LogP contribution in [0.2, 0.25) is 0 Å². The number of aromatic nitrogens is 2. The Morgan fingerprint density at radius 2 is 1.89 bits per heavy atom. The Labute approximate surface area is 155 Å². The standard InChI is InChI=1S/C18H23N3O6/c1-3-27-16(23)12-20(10-11-26-2)15(22)8-9-21-18(25)14-7-5-4-6-13(14)17(24)19-21/h4-7H,3,8-12H2,1-2H3,(H,19,24). The molecule has 2 aromatic rings. The molecule has 1 aromatic carbocycles. The van der Waals surface area contributed by atoms with Gasteiger partial charge >= 0.3 is 5.97 Å². The van der Waals surface area contributed by atoms with Gasteiger partial charge in [-0.15, -0.1) is 0 Å². The van der Waals surface area contributed by atoms with Gasteiger partial charge in [-0.1, -0.05) is 12.1 Å². The average Bonchev–Trinajstić information content (AvgIpc) is 2.66. The van der Waals surface area contributed by atoms with Crippen LogP contribution in [0.4, 0.5) is 0 Å². The number of benzene rings is 1. The number of amides is 1. The molecule has 1 heterocycles. The Morgan fingerprint density at radius 3 is 2.56 bits per heavy atom. The lowest BCUT2D eigenvalue weighted by molar-refractivity contribution is -0.149. The molecular formula is C18H23N3O6. The number of esters is 1. The van der Waals surface area contributed by atoms with Crippen molar-refractivity contribution < 1.29 is 19.1 Å². The Balaban J connectivity index is 2.13. The molecule has 1 amide bonds. The quantitative estimate of drug-likeness (QED) is 0.622. The van der Waals surface area contributed by atoms with Gasteiger partial charge in [0.25, 0.3) is 11.1 Å². The number of rotatable bonds is 9. The van der Waals surface area contributed by atoms with Crippen molar-refractivity contribution in [1.82, 2.24) is 14.7 Å². The van der Waals surface area contributed by atoms with Crippen LogP contribution in [0.3, 0.4) is 0 Å². The molecule has 0 aliphatic rings. The molecule has 0 aliphatic carbocycles. The molecule has 0 unspecified atom stereocenters. The second-order valence-corrected chi connectivity index (χ2v) is 5.81. The number of carbonyl (C=O) groups excluding carboxylic acids is 2. The van der Waals surface area contributed by atoms with Crippen LogP contribution in [0.15, 0.2) is 33.9 Å². The average molecular weight is 377 g/mol. The first-order valence-corrected chi connectivity index (χ1v) is 8.62. The molecule has 1 N–H and O–H groups in total. The zero-order valence-corrected chi connectivity index (χ0v) is 15.4. The number of ether oxygens (including phenoxy) is 2. The van der Waals surface area contributed by atoms with Crippen LogP contribution in [0, 0.1) is 0 Å². The van der Waals surface area contributed by atoms with Crippen LogP contribution in [-0.4, -0.2) is 60.0 Å². The summed E-state index contributed by atoms with van der Waals surface area (Å²) in [6.45, 7) is 2.18. The molecule has 27 heavy (non-hydrogen) atoms. The number of aryl methyl sites for hydroxylation is 1. The number of hydrogen-bond acceptors (Lipinski definition) is 6. The molecule has 0 atom stereocenters. The third-order valence-corrected chi connectivity index (χ3v) is 3.98. The van der Waals surface area contributed by atoms with Gasteiger partial charge in [-0.05, 0) is 19.1 Å². The summed E-state index contributed by atoms with van der Waals surface area (Å²) in [6.07, 6.45) is -0.0582. The normalized spacial score (nSPS) is 10.7. The zero-order chi connectivity index (χ0) is 19.8. The van der Waals surface area contributed by atoms with Gasteiger partial charge in [0.15, 0.2) is 0 Å². The fraction of sp³-hybridized carbons (Fsp3) is 0.444. The highest BCUT2D eigenvalue weighted by atomic mass is 16.5. The van der Waals surface area contributed by atoms with Crippen molar-refractivity contribution in [3.05, 3.63) is 45.0 Å². The first kappa shape index (κ1) is 20.4. The van der Waals surface area contributed by atoms with E-state index in [1.807, 2.05) is 0 Å². The monoisotopic (exact) mass is 377 g/mol. The van der Waals surface area contributed by atoms with Gasteiger partial charge in [0.05, 0.1) is 30.5 Å². The number of hydrogen-bond donors (Lipinski definition) is 1. The summed E-state index contributed by atoms with van der Waals surface area (Å²) in [5.74, 6) is -0.862. The Hall–Kier alpha value is -2.94. The summed E-state index contributed by atoms with van der Waals surface area (Å²) in [6, 6.07) is 6.48. The molecule has 0 fully saturated rings. The van der Waals surface area contributed by atoms with Crippen molar-refractivity contribution in [2.75, 3.05) is 33.4 Å². The predicted octanol–water partition coefficient (Wildman–Crippen LogP) is 0.118. The minimum absolute atomic E-state index is 0.00987. The highest BCUT2D eigenvalue weighted by Crippen LogP contribution is 2.03. The molecule has 0 aliphatic heterocycles. The topological polar surface area (TPSA) is 111 Å². The molecule has 0 bridgehead atoms. The van der Waals surface area contributed by atoms with Crippen LogP contribution < -0.4 is 11.1 Å². The molecule has 9 nitrogen and oxygen atoms in total. The molecule has 1 aromatic heterocycles. The fourth-order valence-corrected chi connectivity index (χ4v) is 2.63. The Kier molecular flexibility index (Phi) is 7.30. The maximum atomic E-state index is 12.5. The minimum Gasteiger partial charge on any atom is -0.465 e. The highest BCUT2D eigenvalue weighted by Gasteiger charge is 2.18. The van der Waals surface area contributed by atoms with Gasteiger partial charge < -0.3 is 14.4 Å². The smallest absolute Gasteiger partial charge is 0.325 e. The van der Waals surface area contributed by atoms with Crippen LogP contribution in [-0.2, 0) is 25.6 Å². The minimum atomic E-state index is -0.516. The van der Waals surface area contributed by atoms with Crippen molar-refractivity contribution in [2.24, 2.45) is 0 Å². The number of aromatic amines is 1. The van der Waals surface area contributed by atoms with Gasteiger partial charge in [0.2, 0.25) is 5.91 Å². The van der Waals surface area contributed by atoms with Gasteiger partial charge in [-0.3, -0.25) is 24.3 Å². The van der Waals surface area contributed by atoms with Crippen molar-refractivity contribution >= 4 is 22.6 Å². The number of fused-ring (bicyclic) bond motifs is 1. The second-order valence-electron chi connectivity index (χ2n) is 5.81. The summed E-state index contributed by atoms with van der Waals surface area (Å²) in [4.78, 5) is 50.0. The molecule has 0 radical (unpaired) electrons. The summed E-state index contributed by atoms with van der Waals surface area (Å²) in [5, 5.41) is 3.07.